The highest BCUT2D eigenvalue weighted by Gasteiger charge is 2.20. The van der Waals surface area contributed by atoms with Gasteiger partial charge in [-0.1, -0.05) is 0 Å². The van der Waals surface area contributed by atoms with E-state index < -0.39 is 33.3 Å². The van der Waals surface area contributed by atoms with Crippen LogP contribution in [0.2, 0.25) is 0 Å². The van der Waals surface area contributed by atoms with E-state index >= 15 is 0 Å². The summed E-state index contributed by atoms with van der Waals surface area (Å²) in [6, 6.07) is 7.11. The molecule has 2 rings (SSSR count). The Morgan fingerprint density at radius 2 is 1.92 bits per heavy atom. The summed E-state index contributed by atoms with van der Waals surface area (Å²) in [7, 11) is 0.0217. The number of methoxy groups -OCH3 is 1. The largest absolute Gasteiger partial charge is 0.465 e. The molecular formula is C17H17F2N3O2S. The Kier molecular flexibility index (Phi) is 5.28. The van der Waals surface area contributed by atoms with Crippen molar-refractivity contribution in [2.24, 2.45) is 0 Å². The molecule has 0 aliphatic carbocycles. The smallest absolute Gasteiger partial charge is 0.341 e. The molecule has 1 aromatic heterocycles. The van der Waals surface area contributed by atoms with Gasteiger partial charge in [-0.25, -0.2) is 28.6 Å². The summed E-state index contributed by atoms with van der Waals surface area (Å²) in [5.74, 6) is -2.50. The van der Waals surface area contributed by atoms with Gasteiger partial charge in [0.25, 0.3) is 0 Å². The van der Waals surface area contributed by atoms with E-state index in [-0.39, 0.29) is 17.1 Å². The number of nitriles is 1. The Hall–Kier alpha value is -2.66. The molecule has 1 N–H and O–H groups in total. The second-order valence-electron chi connectivity index (χ2n) is 5.92. The van der Waals surface area contributed by atoms with Crippen LogP contribution in [0.1, 0.15) is 16.1 Å². The quantitative estimate of drug-likeness (QED) is 0.834. The first kappa shape index (κ1) is 18.7. The number of hydrogen-bond donors (Lipinski definition) is 1. The van der Waals surface area contributed by atoms with Gasteiger partial charge in [0.2, 0.25) is 0 Å². The van der Waals surface area contributed by atoms with Gasteiger partial charge in [-0.05, 0) is 47.9 Å². The number of rotatable bonds is 4. The topological polar surface area (TPSA) is 75.0 Å². The molecule has 0 saturated carbocycles. The maximum absolute atomic E-state index is 14.4. The molecule has 0 atom stereocenters. The second-order valence-corrected chi connectivity index (χ2v) is 10.1. The van der Waals surface area contributed by atoms with Crippen LogP contribution in [-0.4, -0.2) is 36.8 Å². The van der Waals surface area contributed by atoms with Gasteiger partial charge in [-0.3, -0.25) is 0 Å². The predicted molar refractivity (Wildman–Crippen MR) is 93.6 cm³/mol. The Labute approximate surface area is 146 Å². The minimum atomic E-state index is -1.11. The lowest BCUT2D eigenvalue weighted by molar-refractivity contribution is 0.0601. The molecule has 0 fully saturated rings. The molecule has 2 aromatic rings. The lowest BCUT2D eigenvalue weighted by Gasteiger charge is -2.26. The van der Waals surface area contributed by atoms with Crippen molar-refractivity contribution in [2.75, 3.05) is 31.2 Å². The molecule has 5 nitrogen and oxygen atoms in total. The van der Waals surface area contributed by atoms with E-state index in [0.29, 0.717) is 0 Å². The average molecular weight is 365 g/mol. The van der Waals surface area contributed by atoms with Gasteiger partial charge in [-0.15, -0.1) is 0 Å². The van der Waals surface area contributed by atoms with Crippen LogP contribution in [0.25, 0.3) is 0 Å². The Morgan fingerprint density at radius 1 is 1.24 bits per heavy atom. The molecule has 1 heterocycles. The highest BCUT2D eigenvalue weighted by Crippen LogP contribution is 2.45. The third-order valence-electron chi connectivity index (χ3n) is 3.39. The van der Waals surface area contributed by atoms with E-state index in [1.807, 2.05) is 18.8 Å². The van der Waals surface area contributed by atoms with Crippen LogP contribution in [0, 0.1) is 23.0 Å². The van der Waals surface area contributed by atoms with Crippen molar-refractivity contribution in [3.8, 4) is 6.07 Å². The van der Waals surface area contributed by atoms with Crippen LogP contribution < -0.4 is 5.32 Å². The van der Waals surface area contributed by atoms with Crippen molar-refractivity contribution in [2.45, 2.75) is 4.90 Å². The predicted octanol–water partition coefficient (Wildman–Crippen LogP) is 3.81. The molecule has 0 aliphatic heterocycles. The molecule has 132 valence electrons. The van der Waals surface area contributed by atoms with Gasteiger partial charge in [-0.2, -0.15) is 5.26 Å². The molecule has 0 saturated heterocycles. The van der Waals surface area contributed by atoms with E-state index in [1.54, 1.807) is 12.1 Å². The van der Waals surface area contributed by atoms with Crippen molar-refractivity contribution < 1.29 is 18.3 Å². The number of nitrogens with one attached hydrogen (secondary N) is 1. The van der Waals surface area contributed by atoms with Crippen molar-refractivity contribution in [1.82, 2.24) is 4.98 Å². The summed E-state index contributed by atoms with van der Waals surface area (Å²) in [5, 5.41) is 11.5. The van der Waals surface area contributed by atoms with Gasteiger partial charge in [0, 0.05) is 0 Å². The van der Waals surface area contributed by atoms with E-state index in [4.69, 9.17) is 5.26 Å². The zero-order valence-electron chi connectivity index (χ0n) is 14.2. The monoisotopic (exact) mass is 365 g/mol. The number of pyridine rings is 1. The third kappa shape index (κ3) is 4.06. The van der Waals surface area contributed by atoms with E-state index in [0.717, 1.165) is 18.1 Å². The number of hydrogen-bond acceptors (Lipinski definition) is 5. The first-order chi connectivity index (χ1) is 11.7. The number of carbonyl (C=O) groups excluding carboxylic acids is 1. The molecular weight excluding hydrogens is 348 g/mol. The van der Waals surface area contributed by atoms with E-state index in [9.17, 15) is 13.6 Å². The highest BCUT2D eigenvalue weighted by molar-refractivity contribution is 8.32. The van der Waals surface area contributed by atoms with Gasteiger partial charge in [0.15, 0.2) is 11.5 Å². The zero-order valence-corrected chi connectivity index (χ0v) is 15.0. The van der Waals surface area contributed by atoms with Gasteiger partial charge in [0.05, 0.1) is 12.8 Å². The Bertz CT molecular complexity index is 873. The van der Waals surface area contributed by atoms with Crippen LogP contribution in [0.5, 0.6) is 0 Å². The molecule has 0 aliphatic rings. The molecule has 0 radical (unpaired) electrons. The summed E-state index contributed by atoms with van der Waals surface area (Å²) in [5.41, 5.74) is -0.684. The lowest BCUT2D eigenvalue weighted by atomic mass is 10.2. The van der Waals surface area contributed by atoms with Crippen LogP contribution in [-0.2, 0) is 4.74 Å². The standard InChI is InChI=1S/C17H17F2N3O2S/c1-24-17(23)11-8-13(19)15(9-20)22-16(11)21-14-6-5-10(7-12(14)18)25(2,3)4/h5-8H,1-4H3,(H,21,22). The zero-order chi connectivity index (χ0) is 18.8. The fourth-order valence-electron chi connectivity index (χ4n) is 2.03. The Balaban J connectivity index is 2.49. The lowest BCUT2D eigenvalue weighted by Crippen LogP contribution is -2.10. The van der Waals surface area contributed by atoms with Crippen LogP contribution in [0.3, 0.4) is 0 Å². The van der Waals surface area contributed by atoms with E-state index in [2.05, 4.69) is 15.0 Å². The second kappa shape index (κ2) is 7.07. The summed E-state index contributed by atoms with van der Waals surface area (Å²) in [4.78, 5) is 16.4. The van der Waals surface area contributed by atoms with Gasteiger partial charge in [0.1, 0.15) is 23.3 Å². The normalized spacial score (nSPS) is 11.6. The number of halogens is 2. The molecule has 0 amide bonds. The summed E-state index contributed by atoms with van der Waals surface area (Å²) in [6.07, 6.45) is 6.10. The van der Waals surface area contributed by atoms with Gasteiger partial charge < -0.3 is 10.1 Å². The number of benzene rings is 1. The van der Waals surface area contributed by atoms with E-state index in [1.165, 1.54) is 12.1 Å². The molecule has 1 aromatic carbocycles. The minimum Gasteiger partial charge on any atom is -0.465 e. The average Bonchev–Trinajstić information content (AvgIpc) is 2.56. The van der Waals surface area contributed by atoms with Crippen molar-refractivity contribution in [3.05, 3.63) is 47.2 Å². The molecule has 25 heavy (non-hydrogen) atoms. The summed E-state index contributed by atoms with van der Waals surface area (Å²) >= 11 is 0. The maximum Gasteiger partial charge on any atom is 0.341 e. The fraction of sp³-hybridized carbons (Fsp3) is 0.235. The summed E-state index contributed by atoms with van der Waals surface area (Å²) < 4.78 is 32.7. The van der Waals surface area contributed by atoms with Crippen molar-refractivity contribution in [3.63, 3.8) is 0 Å². The summed E-state index contributed by atoms with van der Waals surface area (Å²) in [6.45, 7) is 0. The number of esters is 1. The SMILES string of the molecule is COC(=O)c1cc(F)c(C#N)nc1Nc1ccc(S(C)(C)C)cc1F. The van der Waals surface area contributed by atoms with Crippen LogP contribution in [0.15, 0.2) is 29.2 Å². The first-order valence-electron chi connectivity index (χ1n) is 7.11. The molecule has 0 spiro atoms. The number of aromatic nitrogens is 1. The third-order valence-corrected chi connectivity index (χ3v) is 5.06. The molecule has 0 bridgehead atoms. The number of carbonyl (C=O) groups is 1. The number of anilines is 2. The number of ether oxygens (including phenoxy) is 1. The first-order valence-corrected chi connectivity index (χ1v) is 9.97. The van der Waals surface area contributed by atoms with Crippen LogP contribution >= 0.6 is 10.0 Å². The minimum absolute atomic E-state index is 0.0561. The van der Waals surface area contributed by atoms with Crippen molar-refractivity contribution in [1.29, 1.82) is 5.26 Å². The molecule has 8 heteroatoms. The number of nitrogens with zero attached hydrogens (tertiary/aromatic N) is 2. The highest BCUT2D eigenvalue weighted by atomic mass is 32.3. The van der Waals surface area contributed by atoms with Gasteiger partial charge >= 0.3 is 5.97 Å². The fourth-order valence-corrected chi connectivity index (χ4v) is 2.97. The van der Waals surface area contributed by atoms with Crippen LogP contribution in [0.4, 0.5) is 20.3 Å². The maximum atomic E-state index is 14.4. The molecule has 0 unspecified atom stereocenters. The van der Waals surface area contributed by atoms with Crippen molar-refractivity contribution >= 4 is 27.5 Å². The Morgan fingerprint density at radius 3 is 2.44 bits per heavy atom.